The van der Waals surface area contributed by atoms with Crippen molar-refractivity contribution in [1.29, 1.82) is 0 Å². The topological polar surface area (TPSA) is 63.8 Å². The number of aromatic nitrogens is 2. The second kappa shape index (κ2) is 4.27. The van der Waals surface area contributed by atoms with Crippen molar-refractivity contribution in [2.45, 2.75) is 13.5 Å². The third kappa shape index (κ3) is 2.66. The van der Waals surface area contributed by atoms with Gasteiger partial charge in [-0.2, -0.15) is 0 Å². The quantitative estimate of drug-likeness (QED) is 0.830. The van der Waals surface area contributed by atoms with Gasteiger partial charge in [-0.3, -0.25) is 4.98 Å². The van der Waals surface area contributed by atoms with Crippen LogP contribution in [0.1, 0.15) is 9.88 Å². The molecule has 0 aliphatic rings. The zero-order chi connectivity index (χ0) is 10.7. The van der Waals surface area contributed by atoms with Crippen molar-refractivity contribution < 1.29 is 0 Å². The Balaban J connectivity index is 1.99. The molecule has 2 aromatic heterocycles. The van der Waals surface area contributed by atoms with E-state index < -0.39 is 0 Å². The number of pyridine rings is 1. The molecule has 0 unspecified atom stereocenters. The van der Waals surface area contributed by atoms with Crippen LogP contribution in [0.25, 0.3) is 0 Å². The van der Waals surface area contributed by atoms with E-state index in [9.17, 15) is 0 Å². The van der Waals surface area contributed by atoms with E-state index in [0.29, 0.717) is 12.2 Å². The van der Waals surface area contributed by atoms with E-state index in [4.69, 9.17) is 5.73 Å². The fourth-order valence-electron chi connectivity index (χ4n) is 1.22. The van der Waals surface area contributed by atoms with E-state index in [-0.39, 0.29) is 0 Å². The summed E-state index contributed by atoms with van der Waals surface area (Å²) >= 11 is 1.69. The zero-order valence-electron chi connectivity index (χ0n) is 8.40. The molecular formula is C10H12N4S. The van der Waals surface area contributed by atoms with Gasteiger partial charge in [-0.15, -0.1) is 11.3 Å². The number of nitrogens with zero attached hydrogens (tertiary/aromatic N) is 2. The van der Waals surface area contributed by atoms with Gasteiger partial charge in [0.2, 0.25) is 0 Å². The van der Waals surface area contributed by atoms with Gasteiger partial charge in [0.1, 0.15) is 5.01 Å². The van der Waals surface area contributed by atoms with E-state index in [1.807, 2.05) is 19.2 Å². The molecule has 0 atom stereocenters. The van der Waals surface area contributed by atoms with E-state index in [1.165, 1.54) is 4.88 Å². The second-order valence-electron chi connectivity index (χ2n) is 3.23. The number of nitrogens with one attached hydrogen (secondary N) is 1. The molecule has 78 valence electrons. The third-order valence-electron chi connectivity index (χ3n) is 1.87. The lowest BCUT2D eigenvalue weighted by Crippen LogP contribution is -1.99. The lowest BCUT2D eigenvalue weighted by molar-refractivity contribution is 1.10. The molecule has 0 aliphatic carbocycles. The molecule has 0 radical (unpaired) electrons. The Kier molecular flexibility index (Phi) is 2.82. The third-order valence-corrected chi connectivity index (χ3v) is 2.79. The highest BCUT2D eigenvalue weighted by molar-refractivity contribution is 7.11. The van der Waals surface area contributed by atoms with Crippen molar-refractivity contribution in [3.05, 3.63) is 34.5 Å². The van der Waals surface area contributed by atoms with Crippen LogP contribution in [0.3, 0.4) is 0 Å². The largest absolute Gasteiger partial charge is 0.397 e. The first kappa shape index (κ1) is 9.92. The van der Waals surface area contributed by atoms with Crippen LogP contribution >= 0.6 is 11.3 Å². The van der Waals surface area contributed by atoms with Gasteiger partial charge in [0.05, 0.1) is 24.1 Å². The van der Waals surface area contributed by atoms with Gasteiger partial charge < -0.3 is 11.1 Å². The Bertz CT molecular complexity index is 452. The first-order valence-corrected chi connectivity index (χ1v) is 5.41. The van der Waals surface area contributed by atoms with Gasteiger partial charge in [0, 0.05) is 17.3 Å². The molecule has 0 saturated heterocycles. The zero-order valence-corrected chi connectivity index (χ0v) is 9.21. The minimum absolute atomic E-state index is 0.662. The van der Waals surface area contributed by atoms with Gasteiger partial charge in [-0.25, -0.2) is 4.98 Å². The Morgan fingerprint density at radius 1 is 1.40 bits per heavy atom. The summed E-state index contributed by atoms with van der Waals surface area (Å²) in [7, 11) is 0. The number of anilines is 2. The van der Waals surface area contributed by atoms with E-state index in [2.05, 4.69) is 15.3 Å². The van der Waals surface area contributed by atoms with Crippen LogP contribution in [-0.4, -0.2) is 9.97 Å². The predicted molar refractivity (Wildman–Crippen MR) is 62.8 cm³/mol. The Hall–Kier alpha value is -1.62. The fraction of sp³-hybridized carbons (Fsp3) is 0.200. The molecule has 0 amide bonds. The van der Waals surface area contributed by atoms with E-state index >= 15 is 0 Å². The number of nitrogens with two attached hydrogens (primary N) is 1. The molecule has 0 fully saturated rings. The van der Waals surface area contributed by atoms with Crippen LogP contribution in [0.4, 0.5) is 11.4 Å². The number of rotatable bonds is 3. The summed E-state index contributed by atoms with van der Waals surface area (Å²) in [5, 5.41) is 4.29. The minimum Gasteiger partial charge on any atom is -0.397 e. The van der Waals surface area contributed by atoms with Gasteiger partial charge in [-0.05, 0) is 13.0 Å². The van der Waals surface area contributed by atoms with Crippen molar-refractivity contribution in [2.75, 3.05) is 11.1 Å². The van der Waals surface area contributed by atoms with Gasteiger partial charge in [-0.1, -0.05) is 0 Å². The second-order valence-corrected chi connectivity index (χ2v) is 4.54. The van der Waals surface area contributed by atoms with Crippen LogP contribution in [0.5, 0.6) is 0 Å². The molecular weight excluding hydrogens is 208 g/mol. The van der Waals surface area contributed by atoms with Crippen molar-refractivity contribution in [1.82, 2.24) is 9.97 Å². The Morgan fingerprint density at radius 3 is 2.93 bits per heavy atom. The van der Waals surface area contributed by atoms with Crippen LogP contribution in [-0.2, 0) is 6.54 Å². The summed E-state index contributed by atoms with van der Waals surface area (Å²) in [4.78, 5) is 9.47. The molecule has 5 heteroatoms. The summed E-state index contributed by atoms with van der Waals surface area (Å²) in [6.45, 7) is 2.76. The minimum atomic E-state index is 0.662. The highest BCUT2D eigenvalue weighted by Crippen LogP contribution is 2.14. The summed E-state index contributed by atoms with van der Waals surface area (Å²) in [5.41, 5.74) is 7.20. The standard InChI is InChI=1S/C10H12N4S/c1-7-3-14-10(15-7)6-13-9-2-8(11)4-12-5-9/h2-5,13H,6,11H2,1H3. The molecule has 2 rings (SSSR count). The lowest BCUT2D eigenvalue weighted by Gasteiger charge is -2.03. The van der Waals surface area contributed by atoms with Gasteiger partial charge >= 0.3 is 0 Å². The van der Waals surface area contributed by atoms with Crippen molar-refractivity contribution >= 4 is 22.7 Å². The molecule has 0 aliphatic heterocycles. The lowest BCUT2D eigenvalue weighted by atomic mass is 10.4. The first-order valence-electron chi connectivity index (χ1n) is 4.60. The smallest absolute Gasteiger partial charge is 0.112 e. The number of thiazole rings is 1. The average molecular weight is 220 g/mol. The van der Waals surface area contributed by atoms with Crippen molar-refractivity contribution in [3.8, 4) is 0 Å². The van der Waals surface area contributed by atoms with Gasteiger partial charge in [0.15, 0.2) is 0 Å². The fourth-order valence-corrected chi connectivity index (χ4v) is 1.94. The highest BCUT2D eigenvalue weighted by atomic mass is 32.1. The normalized spacial score (nSPS) is 10.2. The maximum absolute atomic E-state index is 5.62. The van der Waals surface area contributed by atoms with Crippen LogP contribution in [0, 0.1) is 6.92 Å². The number of hydrogen-bond acceptors (Lipinski definition) is 5. The Morgan fingerprint density at radius 2 is 2.27 bits per heavy atom. The summed E-state index contributed by atoms with van der Waals surface area (Å²) in [6, 6.07) is 1.85. The van der Waals surface area contributed by atoms with Gasteiger partial charge in [0.25, 0.3) is 0 Å². The van der Waals surface area contributed by atoms with Crippen molar-refractivity contribution in [2.24, 2.45) is 0 Å². The molecule has 0 aromatic carbocycles. The maximum Gasteiger partial charge on any atom is 0.112 e. The number of nitrogen functional groups attached to an aromatic ring is 1. The average Bonchev–Trinajstić information content (AvgIpc) is 2.62. The van der Waals surface area contributed by atoms with E-state index in [1.54, 1.807) is 23.7 Å². The molecule has 0 bridgehead atoms. The number of hydrogen-bond donors (Lipinski definition) is 2. The summed E-state index contributed by atoms with van der Waals surface area (Å²) < 4.78 is 0. The number of aryl methyl sites for hydroxylation is 1. The first-order chi connectivity index (χ1) is 7.24. The molecule has 3 N–H and O–H groups in total. The molecule has 2 aromatic rings. The molecule has 4 nitrogen and oxygen atoms in total. The predicted octanol–water partition coefficient (Wildman–Crippen LogP) is 2.04. The van der Waals surface area contributed by atoms with Crippen molar-refractivity contribution in [3.63, 3.8) is 0 Å². The Labute approximate surface area is 92.2 Å². The molecule has 2 heterocycles. The van der Waals surface area contributed by atoms with E-state index in [0.717, 1.165) is 10.7 Å². The van der Waals surface area contributed by atoms with Crippen LogP contribution < -0.4 is 11.1 Å². The van der Waals surface area contributed by atoms with Crippen LogP contribution in [0.15, 0.2) is 24.7 Å². The van der Waals surface area contributed by atoms with Crippen LogP contribution in [0.2, 0.25) is 0 Å². The SMILES string of the molecule is Cc1cnc(CNc2cncc(N)c2)s1. The maximum atomic E-state index is 5.62. The molecule has 0 spiro atoms. The molecule has 15 heavy (non-hydrogen) atoms. The molecule has 0 saturated carbocycles. The highest BCUT2D eigenvalue weighted by Gasteiger charge is 1.98. The summed E-state index contributed by atoms with van der Waals surface area (Å²) in [6.07, 6.45) is 5.24. The monoisotopic (exact) mass is 220 g/mol. The summed E-state index contributed by atoms with van der Waals surface area (Å²) in [5.74, 6) is 0.